The van der Waals surface area contributed by atoms with Gasteiger partial charge in [0.25, 0.3) is 5.91 Å². The number of aryl methyl sites for hydroxylation is 1. The molecule has 4 nitrogen and oxygen atoms in total. The van der Waals surface area contributed by atoms with Crippen LogP contribution in [0.3, 0.4) is 0 Å². The van der Waals surface area contributed by atoms with Crippen molar-refractivity contribution in [2.45, 2.75) is 26.1 Å². The molecule has 2 aliphatic heterocycles. The highest BCUT2D eigenvalue weighted by molar-refractivity contribution is 6.02. The Morgan fingerprint density at radius 3 is 2.52 bits per heavy atom. The molecule has 31 heavy (non-hydrogen) atoms. The lowest BCUT2D eigenvalue weighted by Gasteiger charge is -2.46. The van der Waals surface area contributed by atoms with Crippen LogP contribution in [0, 0.1) is 6.92 Å². The Bertz CT molecular complexity index is 1320. The summed E-state index contributed by atoms with van der Waals surface area (Å²) in [4.78, 5) is 17.7. The van der Waals surface area contributed by atoms with Crippen LogP contribution in [0.4, 0.5) is 5.69 Å². The van der Waals surface area contributed by atoms with Crippen LogP contribution in [0.25, 0.3) is 10.9 Å². The van der Waals surface area contributed by atoms with Gasteiger partial charge in [0, 0.05) is 31.0 Å². The second kappa shape index (κ2) is 6.74. The van der Waals surface area contributed by atoms with Crippen molar-refractivity contribution in [2.75, 3.05) is 18.5 Å². The van der Waals surface area contributed by atoms with Gasteiger partial charge in [0.05, 0.1) is 16.9 Å². The number of hydrogen-bond donors (Lipinski definition) is 0. The Kier molecular flexibility index (Phi) is 3.97. The van der Waals surface area contributed by atoms with Gasteiger partial charge in [0.15, 0.2) is 0 Å². The topological polar surface area (TPSA) is 28.5 Å². The van der Waals surface area contributed by atoms with Crippen molar-refractivity contribution in [3.05, 3.63) is 101 Å². The number of benzene rings is 3. The zero-order chi connectivity index (χ0) is 21.1. The molecule has 0 fully saturated rings. The van der Waals surface area contributed by atoms with Gasteiger partial charge < -0.3 is 14.4 Å². The maximum absolute atomic E-state index is 13.4. The number of nitrogens with zero attached hydrogens (tertiary/aromatic N) is 3. The fourth-order valence-electron chi connectivity index (χ4n) is 5.35. The standard InChI is InChI=1S/C27H25N3O/c1-18-11-13-19(14-12-18)17-30-24-10-6-3-7-20(24)21-15-16-29-26(25(21)30)28(2)23-9-5-4-8-22(23)27(29)31/h3-14,26H,15-17H2,1-2H3/t26-/m0/s1. The Labute approximate surface area is 182 Å². The monoisotopic (exact) mass is 407 g/mol. The van der Waals surface area contributed by atoms with Crippen LogP contribution >= 0.6 is 0 Å². The first-order valence-electron chi connectivity index (χ1n) is 10.9. The van der Waals surface area contributed by atoms with Gasteiger partial charge >= 0.3 is 0 Å². The van der Waals surface area contributed by atoms with Crippen molar-refractivity contribution in [2.24, 2.45) is 0 Å². The molecular formula is C27H25N3O. The van der Waals surface area contributed by atoms with Crippen molar-refractivity contribution in [3.63, 3.8) is 0 Å². The second-order valence-electron chi connectivity index (χ2n) is 8.70. The lowest BCUT2D eigenvalue weighted by molar-refractivity contribution is 0.0630. The van der Waals surface area contributed by atoms with Gasteiger partial charge in [-0.3, -0.25) is 4.79 Å². The largest absolute Gasteiger partial charge is 0.349 e. The number of carbonyl (C=O) groups excluding carboxylic acids is 1. The third kappa shape index (κ3) is 2.64. The van der Waals surface area contributed by atoms with E-state index in [4.69, 9.17) is 0 Å². The smallest absolute Gasteiger partial charge is 0.257 e. The summed E-state index contributed by atoms with van der Waals surface area (Å²) in [7, 11) is 2.12. The summed E-state index contributed by atoms with van der Waals surface area (Å²) in [5, 5.41) is 1.31. The van der Waals surface area contributed by atoms with Crippen molar-refractivity contribution < 1.29 is 4.79 Å². The summed E-state index contributed by atoms with van der Waals surface area (Å²) in [5.41, 5.74) is 8.22. The molecule has 0 aliphatic carbocycles. The van der Waals surface area contributed by atoms with Crippen LogP contribution in [0.5, 0.6) is 0 Å². The molecule has 154 valence electrons. The summed E-state index contributed by atoms with van der Waals surface area (Å²) in [6.45, 7) is 3.66. The van der Waals surface area contributed by atoms with E-state index in [1.165, 1.54) is 33.3 Å². The lowest BCUT2D eigenvalue weighted by atomic mass is 9.96. The second-order valence-corrected chi connectivity index (χ2v) is 8.70. The number of amides is 1. The van der Waals surface area contributed by atoms with Crippen LogP contribution in [0.1, 0.15) is 38.9 Å². The molecule has 3 heterocycles. The maximum Gasteiger partial charge on any atom is 0.257 e. The molecule has 0 radical (unpaired) electrons. The molecule has 1 atom stereocenters. The number of fused-ring (bicyclic) bond motifs is 6. The summed E-state index contributed by atoms with van der Waals surface area (Å²) in [6.07, 6.45) is 0.790. The summed E-state index contributed by atoms with van der Waals surface area (Å²) < 4.78 is 2.43. The molecule has 6 rings (SSSR count). The third-order valence-electron chi connectivity index (χ3n) is 6.87. The Morgan fingerprint density at radius 1 is 0.935 bits per heavy atom. The molecule has 4 aromatic rings. The number of para-hydroxylation sites is 2. The van der Waals surface area contributed by atoms with Gasteiger partial charge in [0.2, 0.25) is 0 Å². The van der Waals surface area contributed by atoms with E-state index in [0.29, 0.717) is 0 Å². The number of aromatic nitrogens is 1. The van der Waals surface area contributed by atoms with Crippen molar-refractivity contribution >= 4 is 22.5 Å². The van der Waals surface area contributed by atoms with Gasteiger partial charge in [0.1, 0.15) is 6.17 Å². The Balaban J connectivity index is 1.57. The normalized spacial score (nSPS) is 17.5. The zero-order valence-electron chi connectivity index (χ0n) is 17.9. The van der Waals surface area contributed by atoms with Gasteiger partial charge in [-0.1, -0.05) is 60.2 Å². The van der Waals surface area contributed by atoms with E-state index in [1.54, 1.807) is 0 Å². The van der Waals surface area contributed by atoms with E-state index < -0.39 is 0 Å². The van der Waals surface area contributed by atoms with Crippen LogP contribution < -0.4 is 4.90 Å². The molecule has 0 unspecified atom stereocenters. The summed E-state index contributed by atoms with van der Waals surface area (Å²) >= 11 is 0. The highest BCUT2D eigenvalue weighted by atomic mass is 16.2. The van der Waals surface area contributed by atoms with E-state index in [0.717, 1.165) is 30.8 Å². The highest BCUT2D eigenvalue weighted by Gasteiger charge is 2.42. The minimum absolute atomic E-state index is 0.0935. The molecule has 1 amide bonds. The third-order valence-corrected chi connectivity index (χ3v) is 6.87. The molecule has 4 heteroatoms. The Morgan fingerprint density at radius 2 is 1.68 bits per heavy atom. The van der Waals surface area contributed by atoms with Gasteiger partial charge in [-0.15, -0.1) is 0 Å². The average molecular weight is 408 g/mol. The fraction of sp³-hybridized carbons (Fsp3) is 0.222. The fourth-order valence-corrected chi connectivity index (χ4v) is 5.35. The zero-order valence-corrected chi connectivity index (χ0v) is 17.9. The van der Waals surface area contributed by atoms with Crippen LogP contribution in [-0.4, -0.2) is 29.0 Å². The number of rotatable bonds is 2. The van der Waals surface area contributed by atoms with Gasteiger partial charge in [-0.25, -0.2) is 0 Å². The highest BCUT2D eigenvalue weighted by Crippen LogP contribution is 2.44. The molecular weight excluding hydrogens is 382 g/mol. The predicted octanol–water partition coefficient (Wildman–Crippen LogP) is 5.14. The quantitative estimate of drug-likeness (QED) is 0.460. The first-order valence-corrected chi connectivity index (χ1v) is 10.9. The van der Waals surface area contributed by atoms with Crippen molar-refractivity contribution in [3.8, 4) is 0 Å². The van der Waals surface area contributed by atoms with Crippen LogP contribution in [-0.2, 0) is 13.0 Å². The molecule has 0 saturated carbocycles. The predicted molar refractivity (Wildman–Crippen MR) is 125 cm³/mol. The minimum Gasteiger partial charge on any atom is -0.349 e. The lowest BCUT2D eigenvalue weighted by Crippen LogP contribution is -2.51. The molecule has 2 aliphatic rings. The maximum atomic E-state index is 13.4. The van der Waals surface area contributed by atoms with Gasteiger partial charge in [-0.05, 0) is 42.7 Å². The van der Waals surface area contributed by atoms with E-state index in [2.05, 4.69) is 82.9 Å². The number of carbonyl (C=O) groups is 1. The number of anilines is 1. The SMILES string of the molecule is Cc1ccc(Cn2c3c(c4ccccc42)CCN2C(=O)c4ccccc4N(C)[C@H]32)cc1. The minimum atomic E-state index is -0.0935. The molecule has 1 aromatic heterocycles. The van der Waals surface area contributed by atoms with E-state index >= 15 is 0 Å². The van der Waals surface area contributed by atoms with Crippen molar-refractivity contribution in [1.29, 1.82) is 0 Å². The molecule has 0 N–H and O–H groups in total. The van der Waals surface area contributed by atoms with Gasteiger partial charge in [-0.2, -0.15) is 0 Å². The van der Waals surface area contributed by atoms with Crippen molar-refractivity contribution in [1.82, 2.24) is 9.47 Å². The molecule has 0 spiro atoms. The van der Waals surface area contributed by atoms with E-state index in [1.807, 2.05) is 18.2 Å². The summed E-state index contributed by atoms with van der Waals surface area (Å²) in [6, 6.07) is 25.4. The Hall–Kier alpha value is -3.53. The first kappa shape index (κ1) is 18.3. The first-order chi connectivity index (χ1) is 15.1. The molecule has 0 saturated heterocycles. The van der Waals surface area contributed by atoms with E-state index in [9.17, 15) is 4.79 Å². The average Bonchev–Trinajstić information content (AvgIpc) is 3.12. The molecule has 0 bridgehead atoms. The van der Waals surface area contributed by atoms with Crippen LogP contribution in [0.2, 0.25) is 0 Å². The van der Waals surface area contributed by atoms with E-state index in [-0.39, 0.29) is 12.1 Å². The van der Waals surface area contributed by atoms with Crippen LogP contribution in [0.15, 0.2) is 72.8 Å². The number of hydrogen-bond acceptors (Lipinski definition) is 2. The molecule has 3 aromatic carbocycles. The summed E-state index contributed by atoms with van der Waals surface area (Å²) in [5.74, 6) is 0.136.